The van der Waals surface area contributed by atoms with Gasteiger partial charge in [-0.3, -0.25) is 0 Å². The highest BCUT2D eigenvalue weighted by Crippen LogP contribution is 2.17. The fourth-order valence-corrected chi connectivity index (χ4v) is 1.52. The van der Waals surface area contributed by atoms with Crippen LogP contribution in [0.1, 0.15) is 24.9 Å². The summed E-state index contributed by atoms with van der Waals surface area (Å²) in [5.74, 6) is 0. The van der Waals surface area contributed by atoms with Gasteiger partial charge < -0.3 is 15.7 Å². The molecule has 74 valence electrons. The van der Waals surface area contributed by atoms with E-state index in [0.717, 1.165) is 23.0 Å². The second kappa shape index (κ2) is 3.31. The van der Waals surface area contributed by atoms with Crippen molar-refractivity contribution in [2.75, 3.05) is 0 Å². The van der Waals surface area contributed by atoms with E-state index in [9.17, 15) is 4.79 Å². The number of fused-ring (bicyclic) bond motifs is 1. The van der Waals surface area contributed by atoms with Gasteiger partial charge in [-0.1, -0.05) is 13.0 Å². The number of imidazole rings is 1. The molecule has 0 aliphatic carbocycles. The molecule has 2 rings (SSSR count). The third-order valence-electron chi connectivity index (χ3n) is 2.41. The molecule has 0 spiro atoms. The minimum Gasteiger partial charge on any atom is -0.324 e. The summed E-state index contributed by atoms with van der Waals surface area (Å²) in [6.45, 7) is 2.04. The number of hydrogen-bond donors (Lipinski definition) is 3. The Hall–Kier alpha value is -1.55. The number of benzene rings is 1. The summed E-state index contributed by atoms with van der Waals surface area (Å²) in [4.78, 5) is 16.4. The molecule has 0 amide bonds. The largest absolute Gasteiger partial charge is 0.324 e. The molecule has 1 unspecified atom stereocenters. The number of H-pyrrole nitrogens is 2. The highest BCUT2D eigenvalue weighted by Gasteiger charge is 2.05. The molecule has 14 heavy (non-hydrogen) atoms. The van der Waals surface area contributed by atoms with E-state index >= 15 is 0 Å². The molecule has 4 N–H and O–H groups in total. The smallest absolute Gasteiger partial charge is 0.323 e. The monoisotopic (exact) mass is 191 g/mol. The van der Waals surface area contributed by atoms with E-state index in [-0.39, 0.29) is 11.7 Å². The van der Waals surface area contributed by atoms with Gasteiger partial charge in [0.2, 0.25) is 0 Å². The Kier molecular flexibility index (Phi) is 2.13. The zero-order valence-electron chi connectivity index (χ0n) is 8.00. The molecule has 0 aliphatic rings. The Morgan fingerprint density at radius 1 is 1.36 bits per heavy atom. The van der Waals surface area contributed by atoms with Crippen LogP contribution in [-0.2, 0) is 0 Å². The van der Waals surface area contributed by atoms with Crippen molar-refractivity contribution in [3.8, 4) is 0 Å². The fraction of sp³-hybridized carbons (Fsp3) is 0.300. The highest BCUT2D eigenvalue weighted by molar-refractivity contribution is 5.75. The predicted molar refractivity (Wildman–Crippen MR) is 56.1 cm³/mol. The number of nitrogens with two attached hydrogens (primary N) is 1. The van der Waals surface area contributed by atoms with E-state index in [1.807, 2.05) is 25.1 Å². The Balaban J connectivity index is 2.55. The van der Waals surface area contributed by atoms with Crippen molar-refractivity contribution >= 4 is 11.0 Å². The van der Waals surface area contributed by atoms with Gasteiger partial charge in [0.25, 0.3) is 0 Å². The minimum absolute atomic E-state index is 0.0396. The molecule has 0 saturated heterocycles. The summed E-state index contributed by atoms with van der Waals surface area (Å²) in [7, 11) is 0. The van der Waals surface area contributed by atoms with Crippen molar-refractivity contribution in [1.29, 1.82) is 0 Å². The first-order valence-electron chi connectivity index (χ1n) is 4.68. The van der Waals surface area contributed by atoms with Crippen LogP contribution in [-0.4, -0.2) is 9.97 Å². The maximum absolute atomic E-state index is 11.0. The van der Waals surface area contributed by atoms with Gasteiger partial charge in [0.05, 0.1) is 11.0 Å². The van der Waals surface area contributed by atoms with Crippen LogP contribution < -0.4 is 11.4 Å². The van der Waals surface area contributed by atoms with Gasteiger partial charge in [-0.2, -0.15) is 0 Å². The van der Waals surface area contributed by atoms with Gasteiger partial charge >= 0.3 is 5.69 Å². The lowest BCUT2D eigenvalue weighted by atomic mass is 10.1. The van der Waals surface area contributed by atoms with Crippen LogP contribution in [0.4, 0.5) is 0 Å². The van der Waals surface area contributed by atoms with Crippen molar-refractivity contribution in [2.45, 2.75) is 19.4 Å². The standard InChI is InChI=1S/C10H13N3O/c1-2-7(11)6-3-4-8-9(5-6)13-10(14)12-8/h3-5,7H,2,11H2,1H3,(H2,12,13,14). The summed E-state index contributed by atoms with van der Waals surface area (Å²) < 4.78 is 0. The summed E-state index contributed by atoms with van der Waals surface area (Å²) >= 11 is 0. The average Bonchev–Trinajstić information content (AvgIpc) is 2.55. The molecular weight excluding hydrogens is 178 g/mol. The number of nitrogens with one attached hydrogen (secondary N) is 2. The maximum Gasteiger partial charge on any atom is 0.323 e. The predicted octanol–water partition coefficient (Wildman–Crippen LogP) is 1.27. The summed E-state index contributed by atoms with van der Waals surface area (Å²) in [6, 6.07) is 5.78. The molecule has 1 atom stereocenters. The van der Waals surface area contributed by atoms with E-state index < -0.39 is 0 Å². The van der Waals surface area contributed by atoms with Crippen LogP contribution in [0.15, 0.2) is 23.0 Å². The number of aromatic amines is 2. The lowest BCUT2D eigenvalue weighted by Crippen LogP contribution is -2.08. The maximum atomic E-state index is 11.0. The van der Waals surface area contributed by atoms with Crippen molar-refractivity contribution in [1.82, 2.24) is 9.97 Å². The molecule has 0 aliphatic heterocycles. The molecule has 1 heterocycles. The quantitative estimate of drug-likeness (QED) is 0.668. The Labute approximate surface area is 81.1 Å². The lowest BCUT2D eigenvalue weighted by Gasteiger charge is -2.08. The SMILES string of the molecule is CCC(N)c1ccc2[nH]c(=O)[nH]c2c1. The molecular formula is C10H13N3O. The van der Waals surface area contributed by atoms with Crippen LogP contribution in [0.3, 0.4) is 0 Å². The Morgan fingerprint density at radius 2 is 2.07 bits per heavy atom. The first kappa shape index (κ1) is 9.02. The van der Waals surface area contributed by atoms with Gasteiger partial charge in [-0.05, 0) is 24.1 Å². The van der Waals surface area contributed by atoms with Gasteiger partial charge in [0.15, 0.2) is 0 Å². The first-order valence-corrected chi connectivity index (χ1v) is 4.68. The fourth-order valence-electron chi connectivity index (χ4n) is 1.52. The van der Waals surface area contributed by atoms with Crippen LogP contribution in [0.2, 0.25) is 0 Å². The molecule has 0 bridgehead atoms. The van der Waals surface area contributed by atoms with Crippen LogP contribution in [0.5, 0.6) is 0 Å². The van der Waals surface area contributed by atoms with E-state index in [0.29, 0.717) is 0 Å². The molecule has 0 saturated carbocycles. The summed E-state index contributed by atoms with van der Waals surface area (Å²) in [6.07, 6.45) is 0.889. The van der Waals surface area contributed by atoms with E-state index in [4.69, 9.17) is 5.73 Å². The normalized spacial score (nSPS) is 13.3. The van der Waals surface area contributed by atoms with Crippen LogP contribution in [0.25, 0.3) is 11.0 Å². The van der Waals surface area contributed by atoms with E-state index in [2.05, 4.69) is 9.97 Å². The van der Waals surface area contributed by atoms with Crippen LogP contribution in [0, 0.1) is 0 Å². The van der Waals surface area contributed by atoms with Gasteiger partial charge in [0.1, 0.15) is 0 Å². The van der Waals surface area contributed by atoms with Crippen molar-refractivity contribution in [3.05, 3.63) is 34.2 Å². The van der Waals surface area contributed by atoms with E-state index in [1.165, 1.54) is 0 Å². The zero-order chi connectivity index (χ0) is 10.1. The lowest BCUT2D eigenvalue weighted by molar-refractivity contribution is 0.699. The van der Waals surface area contributed by atoms with Gasteiger partial charge in [-0.15, -0.1) is 0 Å². The molecule has 1 aromatic heterocycles. The summed E-state index contributed by atoms with van der Waals surface area (Å²) in [5, 5.41) is 0. The summed E-state index contributed by atoms with van der Waals surface area (Å²) in [5.41, 5.74) is 8.40. The van der Waals surface area contributed by atoms with Crippen molar-refractivity contribution in [3.63, 3.8) is 0 Å². The molecule has 4 nitrogen and oxygen atoms in total. The molecule has 0 radical (unpaired) electrons. The highest BCUT2D eigenvalue weighted by atomic mass is 16.1. The Morgan fingerprint density at radius 3 is 2.79 bits per heavy atom. The molecule has 4 heteroatoms. The van der Waals surface area contributed by atoms with Crippen LogP contribution >= 0.6 is 0 Å². The second-order valence-corrected chi connectivity index (χ2v) is 3.40. The second-order valence-electron chi connectivity index (χ2n) is 3.40. The van der Waals surface area contributed by atoms with Crippen molar-refractivity contribution < 1.29 is 0 Å². The minimum atomic E-state index is -0.179. The van der Waals surface area contributed by atoms with Gasteiger partial charge in [-0.25, -0.2) is 4.79 Å². The molecule has 1 aromatic carbocycles. The molecule has 0 fully saturated rings. The zero-order valence-corrected chi connectivity index (χ0v) is 8.00. The molecule has 2 aromatic rings. The first-order chi connectivity index (χ1) is 6.70. The van der Waals surface area contributed by atoms with Gasteiger partial charge in [0, 0.05) is 6.04 Å². The Bertz CT molecular complexity index is 497. The van der Waals surface area contributed by atoms with Crippen molar-refractivity contribution in [2.24, 2.45) is 5.73 Å². The average molecular weight is 191 g/mol. The topological polar surface area (TPSA) is 74.7 Å². The number of aromatic nitrogens is 2. The number of rotatable bonds is 2. The third-order valence-corrected chi connectivity index (χ3v) is 2.41. The number of hydrogen-bond acceptors (Lipinski definition) is 2. The van der Waals surface area contributed by atoms with E-state index in [1.54, 1.807) is 0 Å². The third kappa shape index (κ3) is 1.44.